The van der Waals surface area contributed by atoms with E-state index in [1.54, 1.807) is 0 Å². The van der Waals surface area contributed by atoms with Crippen molar-refractivity contribution in [2.75, 3.05) is 6.54 Å². The Morgan fingerprint density at radius 2 is 1.84 bits per heavy atom. The number of amides is 4. The topological polar surface area (TPSA) is 131 Å². The lowest BCUT2D eigenvalue weighted by Crippen LogP contribution is -2.62. The van der Waals surface area contributed by atoms with E-state index in [2.05, 4.69) is 10.6 Å². The molecule has 2 saturated carbocycles. The van der Waals surface area contributed by atoms with Gasteiger partial charge in [-0.3, -0.25) is 19.2 Å². The number of halogens is 3. The highest BCUT2D eigenvalue weighted by Gasteiger charge is 2.53. The molecule has 12 heteroatoms. The maximum absolute atomic E-state index is 13.5. The molecule has 2 heterocycles. The van der Waals surface area contributed by atoms with E-state index >= 15 is 0 Å². The third-order valence-electron chi connectivity index (χ3n) is 8.21. The van der Waals surface area contributed by atoms with Crippen LogP contribution >= 0.6 is 0 Å². The van der Waals surface area contributed by atoms with Gasteiger partial charge in [0.2, 0.25) is 17.7 Å². The number of nitriles is 1. The number of alkyl halides is 3. The minimum Gasteiger partial charge on any atom is -0.350 e. The molecule has 6 unspecified atom stereocenters. The van der Waals surface area contributed by atoms with Crippen LogP contribution in [0, 0.1) is 34.5 Å². The quantitative estimate of drug-likeness (QED) is 0.486. The lowest BCUT2D eigenvalue weighted by atomic mass is 9.84. The summed E-state index contributed by atoms with van der Waals surface area (Å²) in [5.74, 6) is -3.71. The van der Waals surface area contributed by atoms with Crippen LogP contribution in [0.4, 0.5) is 13.2 Å². The zero-order valence-corrected chi connectivity index (χ0v) is 21.3. The standard InChI is InChI=1S/C25H34F3N5O4.2H2/c1-23(2,3)18(31-22(37)25(26,27)28)21(36)33-12-15-8-14(15)10-17(33)20(35)30-16(11-29)9-13-4-5-24(6-7-24)32-19(13)34;;/h13-18H,4-10,12H2,1-3H3,(H,30,35)(H,31,37)(H,32,34);2*1H. The Balaban J connectivity index is 0.00000267. The van der Waals surface area contributed by atoms with Crippen LogP contribution in [0.2, 0.25) is 0 Å². The van der Waals surface area contributed by atoms with Gasteiger partial charge in [-0.1, -0.05) is 20.8 Å². The Morgan fingerprint density at radius 1 is 1.16 bits per heavy atom. The van der Waals surface area contributed by atoms with Crippen LogP contribution in [-0.2, 0) is 19.2 Å². The smallest absolute Gasteiger partial charge is 0.350 e. The van der Waals surface area contributed by atoms with Gasteiger partial charge in [0.05, 0.1) is 6.07 Å². The average Bonchev–Trinajstić information content (AvgIpc) is 3.72. The summed E-state index contributed by atoms with van der Waals surface area (Å²) in [6, 6.07) is -1.39. The molecule has 2 aliphatic carbocycles. The summed E-state index contributed by atoms with van der Waals surface area (Å²) in [5, 5.41) is 17.2. The molecule has 2 aliphatic heterocycles. The third-order valence-corrected chi connectivity index (χ3v) is 8.21. The van der Waals surface area contributed by atoms with Crippen LogP contribution in [0.5, 0.6) is 0 Å². The van der Waals surface area contributed by atoms with Crippen LogP contribution in [0.1, 0.15) is 68.6 Å². The van der Waals surface area contributed by atoms with Gasteiger partial charge < -0.3 is 20.9 Å². The summed E-state index contributed by atoms with van der Waals surface area (Å²) < 4.78 is 38.9. The minimum absolute atomic E-state index is 0. The molecule has 4 amide bonds. The van der Waals surface area contributed by atoms with E-state index in [-0.39, 0.29) is 39.1 Å². The summed E-state index contributed by atoms with van der Waals surface area (Å²) in [5.41, 5.74) is -1.14. The minimum atomic E-state index is -5.16. The lowest BCUT2D eigenvalue weighted by molar-refractivity contribution is -0.176. The molecule has 4 rings (SSSR count). The molecule has 3 N–H and O–H groups in total. The van der Waals surface area contributed by atoms with E-state index < -0.39 is 53.4 Å². The SMILES string of the molecule is CC(C)(C)C(NC(=O)C(F)(F)F)C(=O)N1CC2CC2CC1C(=O)NC(C#N)CC1CCC2(CC2)NC1=O.[HH].[HH]. The molecule has 208 valence electrons. The molecular weight excluding hydrogens is 491 g/mol. The van der Waals surface area contributed by atoms with Gasteiger partial charge in [-0.15, -0.1) is 0 Å². The zero-order chi connectivity index (χ0) is 27.3. The molecule has 37 heavy (non-hydrogen) atoms. The average molecular weight is 530 g/mol. The van der Waals surface area contributed by atoms with Crippen LogP contribution in [0.15, 0.2) is 0 Å². The first-order valence-corrected chi connectivity index (χ1v) is 12.8. The first kappa shape index (κ1) is 27.2. The number of likely N-dealkylation sites (tertiary alicyclic amines) is 1. The maximum Gasteiger partial charge on any atom is 0.471 e. The number of carbonyl (C=O) groups is 4. The second-order valence-corrected chi connectivity index (χ2v) is 12.2. The number of hydrogen-bond donors (Lipinski definition) is 3. The van der Waals surface area contributed by atoms with Gasteiger partial charge >= 0.3 is 12.1 Å². The van der Waals surface area contributed by atoms with Crippen molar-refractivity contribution in [2.45, 2.75) is 95.6 Å². The van der Waals surface area contributed by atoms with Crippen molar-refractivity contribution in [2.24, 2.45) is 23.2 Å². The van der Waals surface area contributed by atoms with Crippen molar-refractivity contribution < 1.29 is 35.2 Å². The van der Waals surface area contributed by atoms with Crippen LogP contribution in [-0.4, -0.2) is 64.9 Å². The first-order chi connectivity index (χ1) is 17.1. The molecule has 4 aliphatic rings. The fourth-order valence-electron chi connectivity index (χ4n) is 5.59. The monoisotopic (exact) mass is 529 g/mol. The number of hydrogen-bond acceptors (Lipinski definition) is 5. The highest BCUT2D eigenvalue weighted by molar-refractivity contribution is 5.94. The normalized spacial score (nSPS) is 29.8. The fourth-order valence-corrected chi connectivity index (χ4v) is 5.59. The second-order valence-electron chi connectivity index (χ2n) is 12.2. The Hall–Kier alpha value is -2.84. The molecule has 0 bridgehead atoms. The van der Waals surface area contributed by atoms with Gasteiger partial charge in [-0.25, -0.2) is 0 Å². The third kappa shape index (κ3) is 6.02. The predicted octanol–water partition coefficient (Wildman–Crippen LogP) is 2.27. The number of nitrogens with one attached hydrogen (secondary N) is 3. The van der Waals surface area contributed by atoms with Crippen LogP contribution in [0.3, 0.4) is 0 Å². The Morgan fingerprint density at radius 3 is 2.38 bits per heavy atom. The van der Waals surface area contributed by atoms with Crippen LogP contribution < -0.4 is 16.0 Å². The number of fused-ring (bicyclic) bond motifs is 1. The largest absolute Gasteiger partial charge is 0.471 e. The molecule has 9 nitrogen and oxygen atoms in total. The van der Waals surface area contributed by atoms with Crippen molar-refractivity contribution in [3.63, 3.8) is 0 Å². The molecule has 2 saturated heterocycles. The summed E-state index contributed by atoms with van der Waals surface area (Å²) in [6.45, 7) is 4.81. The molecule has 6 atom stereocenters. The molecule has 4 fully saturated rings. The zero-order valence-electron chi connectivity index (χ0n) is 21.3. The van der Waals surface area contributed by atoms with Crippen LogP contribution in [0.25, 0.3) is 0 Å². The van der Waals surface area contributed by atoms with E-state index in [0.717, 1.165) is 25.7 Å². The molecular formula is C25H38F3N5O4. The van der Waals surface area contributed by atoms with Gasteiger partial charge in [0, 0.05) is 20.9 Å². The molecule has 0 radical (unpaired) electrons. The van der Waals surface area contributed by atoms with Crippen molar-refractivity contribution >= 4 is 23.6 Å². The van der Waals surface area contributed by atoms with Gasteiger partial charge in [-0.2, -0.15) is 18.4 Å². The molecule has 0 aromatic heterocycles. The van der Waals surface area contributed by atoms with Crippen molar-refractivity contribution in [3.8, 4) is 6.07 Å². The maximum atomic E-state index is 13.5. The van der Waals surface area contributed by atoms with Gasteiger partial charge in [0.15, 0.2) is 0 Å². The number of rotatable bonds is 6. The molecule has 1 spiro atoms. The Labute approximate surface area is 216 Å². The van der Waals surface area contributed by atoms with E-state index in [0.29, 0.717) is 12.8 Å². The summed E-state index contributed by atoms with van der Waals surface area (Å²) in [6.07, 6.45) is -0.513. The highest BCUT2D eigenvalue weighted by atomic mass is 19.4. The summed E-state index contributed by atoms with van der Waals surface area (Å²) in [4.78, 5) is 52.3. The molecule has 0 aromatic carbocycles. The number of piperidine rings is 2. The Kier molecular flexibility index (Phi) is 6.97. The van der Waals surface area contributed by atoms with E-state index in [1.165, 1.54) is 25.7 Å². The molecule has 0 aromatic rings. The highest BCUT2D eigenvalue weighted by Crippen LogP contribution is 2.48. The fraction of sp³-hybridized carbons (Fsp3) is 0.800. The summed E-state index contributed by atoms with van der Waals surface area (Å²) >= 11 is 0. The van der Waals surface area contributed by atoms with Gasteiger partial charge in [0.1, 0.15) is 18.1 Å². The van der Waals surface area contributed by atoms with Gasteiger partial charge in [0.25, 0.3) is 0 Å². The summed E-state index contributed by atoms with van der Waals surface area (Å²) in [7, 11) is 0. The number of nitrogens with zero attached hydrogens (tertiary/aromatic N) is 2. The van der Waals surface area contributed by atoms with E-state index in [4.69, 9.17) is 0 Å². The lowest BCUT2D eigenvalue weighted by Gasteiger charge is -2.40. The van der Waals surface area contributed by atoms with Crippen molar-refractivity contribution in [1.29, 1.82) is 5.26 Å². The van der Waals surface area contributed by atoms with Crippen molar-refractivity contribution in [1.82, 2.24) is 20.9 Å². The predicted molar refractivity (Wildman–Crippen MR) is 128 cm³/mol. The number of carbonyl (C=O) groups excluding carboxylic acids is 4. The van der Waals surface area contributed by atoms with Crippen molar-refractivity contribution in [3.05, 3.63) is 0 Å². The van der Waals surface area contributed by atoms with E-state index in [9.17, 15) is 37.6 Å². The first-order valence-electron chi connectivity index (χ1n) is 12.8. The Bertz CT molecular complexity index is 1020. The van der Waals surface area contributed by atoms with E-state index in [1.807, 2.05) is 11.4 Å². The van der Waals surface area contributed by atoms with Gasteiger partial charge in [-0.05, 0) is 62.2 Å². The second kappa shape index (κ2) is 9.48.